The zero-order valence-electron chi connectivity index (χ0n) is 12.9. The van der Waals surface area contributed by atoms with E-state index in [2.05, 4.69) is 82.3 Å². The van der Waals surface area contributed by atoms with Crippen molar-refractivity contribution < 1.29 is 0 Å². The van der Waals surface area contributed by atoms with Crippen molar-refractivity contribution in [2.75, 3.05) is 0 Å². The number of nitrogens with zero attached hydrogens (tertiary/aromatic N) is 1. The van der Waals surface area contributed by atoms with E-state index < -0.39 is 0 Å². The van der Waals surface area contributed by atoms with Crippen molar-refractivity contribution in [1.82, 2.24) is 0 Å². The van der Waals surface area contributed by atoms with Crippen LogP contribution in [0.3, 0.4) is 0 Å². The van der Waals surface area contributed by atoms with Crippen molar-refractivity contribution in [2.24, 2.45) is 4.99 Å². The van der Waals surface area contributed by atoms with Crippen LogP contribution in [0.4, 0.5) is 5.69 Å². The molecule has 0 amide bonds. The molecule has 0 saturated carbocycles. The molecule has 101 valence electrons. The summed E-state index contributed by atoms with van der Waals surface area (Å²) in [5, 5.41) is 0. The summed E-state index contributed by atoms with van der Waals surface area (Å²) in [5.74, 6) is 0.994. The molecule has 1 aromatic carbocycles. The van der Waals surface area contributed by atoms with Gasteiger partial charge in [0.05, 0.1) is 0 Å². The van der Waals surface area contributed by atoms with E-state index >= 15 is 0 Å². The fourth-order valence-electron chi connectivity index (χ4n) is 2.16. The van der Waals surface area contributed by atoms with Crippen LogP contribution in [0.2, 0.25) is 0 Å². The fraction of sp³-hybridized carbons (Fsp3) is 0.471. The molecule has 0 aromatic heterocycles. The quantitative estimate of drug-likeness (QED) is 0.541. The monoisotopic (exact) mass is 316 g/mol. The summed E-state index contributed by atoms with van der Waals surface area (Å²) in [5.41, 5.74) is 4.93. The number of rotatable bonds is 4. The molecule has 0 atom stereocenters. The topological polar surface area (TPSA) is 12.4 Å². The van der Waals surface area contributed by atoms with E-state index in [0.717, 1.165) is 5.71 Å². The van der Waals surface area contributed by atoms with Crippen molar-refractivity contribution >= 4 is 27.9 Å². The third-order valence-electron chi connectivity index (χ3n) is 3.06. The van der Waals surface area contributed by atoms with Crippen LogP contribution in [0.25, 0.3) is 0 Å². The molecule has 0 fully saturated rings. The summed E-state index contributed by atoms with van der Waals surface area (Å²) in [6.07, 6.45) is 2.14. The Balaban J connectivity index is 3.41. The molecule has 0 aliphatic heterocycles. The standard InChI is InChI=1S/C17H24GeN/c1-11(2)15-8-7-9-16(12(3)4)17(15)19-14(6)10-13(5)18/h7-12H,1-6H3/b13-10-,19-14?. The molecule has 0 unspecified atom stereocenters. The Bertz CT molecular complexity index is 466. The fourth-order valence-corrected chi connectivity index (χ4v) is 2.60. The summed E-state index contributed by atoms with van der Waals surface area (Å²) < 4.78 is 1.29. The van der Waals surface area contributed by atoms with Gasteiger partial charge in [0.25, 0.3) is 0 Å². The minimum atomic E-state index is 0.497. The number of aliphatic imine (C=N–C) groups is 1. The molecule has 0 N–H and O–H groups in total. The Kier molecular flexibility index (Phi) is 6.05. The average Bonchev–Trinajstić information content (AvgIpc) is 2.27. The SMILES string of the molecule is CC(/C=[C](/C)[Ge])=Nc1c(C(C)C)cccc1C(C)C. The van der Waals surface area contributed by atoms with Gasteiger partial charge < -0.3 is 0 Å². The number of para-hydroxylation sites is 1. The van der Waals surface area contributed by atoms with Crippen LogP contribution in [0.15, 0.2) is 33.7 Å². The Morgan fingerprint density at radius 3 is 1.89 bits per heavy atom. The second kappa shape index (κ2) is 7.09. The van der Waals surface area contributed by atoms with Gasteiger partial charge in [-0.15, -0.1) is 0 Å². The molecule has 0 saturated heterocycles. The second-order valence-electron chi connectivity index (χ2n) is 5.68. The van der Waals surface area contributed by atoms with Gasteiger partial charge in [0.15, 0.2) is 0 Å². The first kappa shape index (κ1) is 16.2. The van der Waals surface area contributed by atoms with Gasteiger partial charge in [0.1, 0.15) is 0 Å². The van der Waals surface area contributed by atoms with Crippen molar-refractivity contribution in [2.45, 2.75) is 53.4 Å². The predicted molar refractivity (Wildman–Crippen MR) is 86.9 cm³/mol. The summed E-state index contributed by atoms with van der Waals surface area (Å²) in [7, 11) is 0. The molecule has 1 nitrogen and oxygen atoms in total. The molecule has 2 heteroatoms. The number of allylic oxidation sites excluding steroid dienone is 2. The number of hydrogen-bond acceptors (Lipinski definition) is 1. The molecule has 19 heavy (non-hydrogen) atoms. The maximum atomic E-state index is 4.88. The van der Waals surface area contributed by atoms with Gasteiger partial charge in [-0.25, -0.2) is 0 Å². The Labute approximate surface area is 126 Å². The van der Waals surface area contributed by atoms with Crippen LogP contribution in [0.1, 0.15) is 64.5 Å². The molecule has 0 heterocycles. The Morgan fingerprint density at radius 1 is 1.05 bits per heavy atom. The third kappa shape index (κ3) is 4.65. The number of benzene rings is 1. The first-order valence-corrected chi connectivity index (χ1v) is 7.95. The summed E-state index contributed by atoms with van der Waals surface area (Å²) in [6, 6.07) is 6.55. The average molecular weight is 315 g/mol. The molecule has 0 spiro atoms. The molecular weight excluding hydrogens is 291 g/mol. The van der Waals surface area contributed by atoms with Gasteiger partial charge in [-0.05, 0) is 0 Å². The predicted octanol–water partition coefficient (Wildman–Crippen LogP) is 5.10. The van der Waals surface area contributed by atoms with Crippen molar-refractivity contribution in [3.05, 3.63) is 39.8 Å². The van der Waals surface area contributed by atoms with Crippen molar-refractivity contribution in [3.63, 3.8) is 0 Å². The van der Waals surface area contributed by atoms with E-state index in [1.165, 1.54) is 21.2 Å². The molecule has 3 radical (unpaired) electrons. The molecule has 0 bridgehead atoms. The number of hydrogen-bond donors (Lipinski definition) is 0. The summed E-state index contributed by atoms with van der Waals surface area (Å²) >= 11 is 2.11. The third-order valence-corrected chi connectivity index (χ3v) is 3.36. The molecule has 1 aromatic rings. The molecule has 0 aliphatic carbocycles. The Morgan fingerprint density at radius 2 is 1.53 bits per heavy atom. The van der Waals surface area contributed by atoms with Gasteiger partial charge in [0.2, 0.25) is 0 Å². The summed E-state index contributed by atoms with van der Waals surface area (Å²) in [4.78, 5) is 4.88. The summed E-state index contributed by atoms with van der Waals surface area (Å²) in [6.45, 7) is 13.1. The molecular formula is C17H24GeN. The molecule has 1 rings (SSSR count). The second-order valence-corrected chi connectivity index (χ2v) is 7.33. The maximum absolute atomic E-state index is 4.88. The van der Waals surface area contributed by atoms with Crippen molar-refractivity contribution in [3.8, 4) is 0 Å². The van der Waals surface area contributed by atoms with E-state index in [-0.39, 0.29) is 0 Å². The van der Waals surface area contributed by atoms with Crippen LogP contribution in [-0.4, -0.2) is 22.2 Å². The van der Waals surface area contributed by atoms with Gasteiger partial charge >= 0.3 is 126 Å². The van der Waals surface area contributed by atoms with E-state index in [4.69, 9.17) is 4.99 Å². The van der Waals surface area contributed by atoms with Crippen LogP contribution >= 0.6 is 0 Å². The first-order valence-electron chi connectivity index (χ1n) is 6.91. The van der Waals surface area contributed by atoms with Crippen LogP contribution in [0, 0.1) is 0 Å². The van der Waals surface area contributed by atoms with E-state index in [9.17, 15) is 0 Å². The van der Waals surface area contributed by atoms with Gasteiger partial charge in [-0.2, -0.15) is 0 Å². The zero-order valence-corrected chi connectivity index (χ0v) is 15.0. The van der Waals surface area contributed by atoms with Crippen LogP contribution in [0.5, 0.6) is 0 Å². The van der Waals surface area contributed by atoms with E-state index in [1.54, 1.807) is 0 Å². The van der Waals surface area contributed by atoms with E-state index in [0.29, 0.717) is 11.8 Å². The zero-order chi connectivity index (χ0) is 14.6. The minimum absolute atomic E-state index is 0.497. The normalized spacial score (nSPS) is 13.5. The van der Waals surface area contributed by atoms with E-state index in [1.807, 2.05) is 0 Å². The van der Waals surface area contributed by atoms with Crippen molar-refractivity contribution in [1.29, 1.82) is 0 Å². The van der Waals surface area contributed by atoms with Gasteiger partial charge in [0, 0.05) is 0 Å². The van der Waals surface area contributed by atoms with Gasteiger partial charge in [-0.3, -0.25) is 0 Å². The van der Waals surface area contributed by atoms with Crippen LogP contribution < -0.4 is 0 Å². The van der Waals surface area contributed by atoms with Gasteiger partial charge in [-0.1, -0.05) is 0 Å². The Hall–Kier alpha value is -0.827. The first-order chi connectivity index (χ1) is 8.82. The molecule has 0 aliphatic rings. The van der Waals surface area contributed by atoms with Crippen LogP contribution in [-0.2, 0) is 0 Å².